The number of aryl methyl sites for hydroxylation is 1. The van der Waals surface area contributed by atoms with E-state index >= 15 is 0 Å². The van der Waals surface area contributed by atoms with Crippen molar-refractivity contribution in [2.45, 2.75) is 6.54 Å². The Balaban J connectivity index is 1.69. The van der Waals surface area contributed by atoms with E-state index in [4.69, 9.17) is 4.42 Å². The number of nitrogens with one attached hydrogen (secondary N) is 1. The zero-order valence-corrected chi connectivity index (χ0v) is 9.26. The molecule has 4 nitrogen and oxygen atoms in total. The van der Waals surface area contributed by atoms with Gasteiger partial charge in [0.1, 0.15) is 5.76 Å². The van der Waals surface area contributed by atoms with E-state index in [1.165, 1.54) is 5.56 Å². The molecule has 4 heteroatoms. The van der Waals surface area contributed by atoms with Crippen LogP contribution in [-0.2, 0) is 13.6 Å². The van der Waals surface area contributed by atoms with Gasteiger partial charge in [0, 0.05) is 31.9 Å². The van der Waals surface area contributed by atoms with Crippen LogP contribution in [0.3, 0.4) is 0 Å². The first-order valence-corrected chi connectivity index (χ1v) is 5.23. The van der Waals surface area contributed by atoms with Gasteiger partial charge in [0.2, 0.25) is 0 Å². The smallest absolute Gasteiger partial charge is 0.126 e. The average Bonchev–Trinajstić information content (AvgIpc) is 2.89. The van der Waals surface area contributed by atoms with E-state index in [1.807, 2.05) is 43.7 Å². The van der Waals surface area contributed by atoms with Crippen LogP contribution in [0.1, 0.15) is 11.3 Å². The summed E-state index contributed by atoms with van der Waals surface area (Å²) in [5.74, 6) is 0.878. The SMILES string of the molecule is Cn1cc(CNC/C=C/c2ccco2)cn1. The van der Waals surface area contributed by atoms with Gasteiger partial charge in [-0.15, -0.1) is 0 Å². The monoisotopic (exact) mass is 217 g/mol. The summed E-state index contributed by atoms with van der Waals surface area (Å²) >= 11 is 0. The number of rotatable bonds is 5. The normalized spacial score (nSPS) is 11.3. The van der Waals surface area contributed by atoms with Gasteiger partial charge < -0.3 is 9.73 Å². The first-order valence-electron chi connectivity index (χ1n) is 5.23. The lowest BCUT2D eigenvalue weighted by molar-refractivity contribution is 0.556. The fourth-order valence-corrected chi connectivity index (χ4v) is 1.42. The molecule has 0 aliphatic rings. The molecular formula is C12H15N3O. The summed E-state index contributed by atoms with van der Waals surface area (Å²) in [5.41, 5.74) is 1.19. The van der Waals surface area contributed by atoms with Crippen molar-refractivity contribution in [3.05, 3.63) is 48.2 Å². The molecule has 1 N–H and O–H groups in total. The Morgan fingerprint density at radius 3 is 3.19 bits per heavy atom. The Labute approximate surface area is 94.6 Å². The molecule has 2 rings (SSSR count). The molecule has 0 aromatic carbocycles. The Kier molecular flexibility index (Phi) is 3.56. The van der Waals surface area contributed by atoms with E-state index in [0.29, 0.717) is 0 Å². The van der Waals surface area contributed by atoms with Gasteiger partial charge in [0.15, 0.2) is 0 Å². The highest BCUT2D eigenvalue weighted by Gasteiger charge is 1.93. The maximum atomic E-state index is 5.17. The fourth-order valence-electron chi connectivity index (χ4n) is 1.42. The van der Waals surface area contributed by atoms with Crippen molar-refractivity contribution in [2.24, 2.45) is 7.05 Å². The zero-order chi connectivity index (χ0) is 11.2. The Bertz CT molecular complexity index is 443. The topological polar surface area (TPSA) is 43.0 Å². The van der Waals surface area contributed by atoms with Gasteiger partial charge in [-0.25, -0.2) is 0 Å². The van der Waals surface area contributed by atoms with Crippen molar-refractivity contribution in [2.75, 3.05) is 6.54 Å². The highest BCUT2D eigenvalue weighted by Crippen LogP contribution is 2.01. The van der Waals surface area contributed by atoms with E-state index in [2.05, 4.69) is 10.4 Å². The molecule has 2 heterocycles. The van der Waals surface area contributed by atoms with E-state index in [9.17, 15) is 0 Å². The van der Waals surface area contributed by atoms with Crippen LogP contribution in [-0.4, -0.2) is 16.3 Å². The van der Waals surface area contributed by atoms with Crippen molar-refractivity contribution < 1.29 is 4.42 Å². The molecule has 2 aromatic rings. The molecule has 0 aliphatic heterocycles. The molecule has 0 unspecified atom stereocenters. The lowest BCUT2D eigenvalue weighted by atomic mass is 10.3. The minimum absolute atomic E-state index is 0.815. The maximum absolute atomic E-state index is 5.17. The van der Waals surface area contributed by atoms with Gasteiger partial charge in [0.05, 0.1) is 12.5 Å². The second-order valence-electron chi connectivity index (χ2n) is 3.57. The second-order valence-corrected chi connectivity index (χ2v) is 3.57. The van der Waals surface area contributed by atoms with Gasteiger partial charge in [-0.3, -0.25) is 4.68 Å². The lowest BCUT2D eigenvalue weighted by Gasteiger charge is -1.96. The zero-order valence-electron chi connectivity index (χ0n) is 9.26. The molecule has 16 heavy (non-hydrogen) atoms. The molecular weight excluding hydrogens is 202 g/mol. The predicted octanol–water partition coefficient (Wildman–Crippen LogP) is 1.82. The first-order chi connectivity index (χ1) is 7.84. The number of aromatic nitrogens is 2. The lowest BCUT2D eigenvalue weighted by Crippen LogP contribution is -2.12. The summed E-state index contributed by atoms with van der Waals surface area (Å²) in [5, 5.41) is 7.40. The van der Waals surface area contributed by atoms with Crippen molar-refractivity contribution in [3.63, 3.8) is 0 Å². The van der Waals surface area contributed by atoms with E-state index in [1.54, 1.807) is 10.9 Å². The molecule has 0 saturated carbocycles. The summed E-state index contributed by atoms with van der Waals surface area (Å²) in [4.78, 5) is 0. The van der Waals surface area contributed by atoms with Crippen LogP contribution in [0.4, 0.5) is 0 Å². The molecule has 0 bridgehead atoms. The number of nitrogens with zero attached hydrogens (tertiary/aromatic N) is 2. The van der Waals surface area contributed by atoms with Crippen LogP contribution >= 0.6 is 0 Å². The molecule has 0 radical (unpaired) electrons. The van der Waals surface area contributed by atoms with Gasteiger partial charge in [-0.1, -0.05) is 6.08 Å². The minimum Gasteiger partial charge on any atom is -0.465 e. The van der Waals surface area contributed by atoms with E-state index in [-0.39, 0.29) is 0 Å². The third-order valence-electron chi connectivity index (χ3n) is 2.17. The average molecular weight is 217 g/mol. The highest BCUT2D eigenvalue weighted by atomic mass is 16.3. The molecule has 84 valence electrons. The van der Waals surface area contributed by atoms with Crippen LogP contribution in [0, 0.1) is 0 Å². The Morgan fingerprint density at radius 1 is 1.56 bits per heavy atom. The van der Waals surface area contributed by atoms with E-state index < -0.39 is 0 Å². The largest absolute Gasteiger partial charge is 0.465 e. The molecule has 0 saturated heterocycles. The quantitative estimate of drug-likeness (QED) is 0.777. The van der Waals surface area contributed by atoms with Crippen LogP contribution in [0.25, 0.3) is 6.08 Å². The van der Waals surface area contributed by atoms with Crippen molar-refractivity contribution >= 4 is 6.08 Å². The van der Waals surface area contributed by atoms with Gasteiger partial charge in [-0.05, 0) is 18.2 Å². The minimum atomic E-state index is 0.815. The number of furan rings is 1. The van der Waals surface area contributed by atoms with Gasteiger partial charge in [0.25, 0.3) is 0 Å². The molecule has 0 amide bonds. The van der Waals surface area contributed by atoms with Gasteiger partial charge >= 0.3 is 0 Å². The van der Waals surface area contributed by atoms with E-state index in [0.717, 1.165) is 18.8 Å². The van der Waals surface area contributed by atoms with Crippen LogP contribution in [0.5, 0.6) is 0 Å². The molecule has 2 aromatic heterocycles. The molecule has 0 atom stereocenters. The second kappa shape index (κ2) is 5.32. The predicted molar refractivity (Wildman–Crippen MR) is 62.7 cm³/mol. The summed E-state index contributed by atoms with van der Waals surface area (Å²) in [6.45, 7) is 1.64. The summed E-state index contributed by atoms with van der Waals surface area (Å²) in [6, 6.07) is 3.81. The van der Waals surface area contributed by atoms with Crippen LogP contribution < -0.4 is 5.32 Å². The third-order valence-corrected chi connectivity index (χ3v) is 2.17. The highest BCUT2D eigenvalue weighted by molar-refractivity contribution is 5.42. The molecule has 0 aliphatic carbocycles. The fraction of sp³-hybridized carbons (Fsp3) is 0.250. The Hall–Kier alpha value is -1.81. The first kappa shape index (κ1) is 10.7. The summed E-state index contributed by atoms with van der Waals surface area (Å²) in [6.07, 6.45) is 9.53. The Morgan fingerprint density at radius 2 is 2.50 bits per heavy atom. The van der Waals surface area contributed by atoms with Gasteiger partial charge in [-0.2, -0.15) is 5.10 Å². The van der Waals surface area contributed by atoms with Crippen LogP contribution in [0.15, 0.2) is 41.3 Å². The molecule has 0 fully saturated rings. The number of hydrogen-bond donors (Lipinski definition) is 1. The summed E-state index contributed by atoms with van der Waals surface area (Å²) < 4.78 is 6.98. The van der Waals surface area contributed by atoms with Crippen molar-refractivity contribution in [1.82, 2.24) is 15.1 Å². The number of hydrogen-bond acceptors (Lipinski definition) is 3. The third kappa shape index (κ3) is 3.10. The van der Waals surface area contributed by atoms with Crippen molar-refractivity contribution in [3.8, 4) is 0 Å². The molecule has 0 spiro atoms. The standard InChI is InChI=1S/C12H15N3O/c1-15-10-11(9-14-15)8-13-6-2-4-12-5-3-7-16-12/h2-5,7,9-10,13H,6,8H2,1H3/b4-2+. The maximum Gasteiger partial charge on any atom is 0.126 e. The van der Waals surface area contributed by atoms with Crippen molar-refractivity contribution in [1.29, 1.82) is 0 Å². The van der Waals surface area contributed by atoms with Crippen LogP contribution in [0.2, 0.25) is 0 Å². The summed E-state index contributed by atoms with van der Waals surface area (Å²) in [7, 11) is 1.92.